The van der Waals surface area contributed by atoms with Crippen molar-refractivity contribution in [2.75, 3.05) is 20.1 Å². The Morgan fingerprint density at radius 2 is 1.95 bits per heavy atom. The first-order valence-corrected chi connectivity index (χ1v) is 7.46. The number of nitrogens with one attached hydrogen (secondary N) is 1. The van der Waals surface area contributed by atoms with E-state index < -0.39 is 0 Å². The smallest absolute Gasteiger partial charge is 0.0774 e. The summed E-state index contributed by atoms with van der Waals surface area (Å²) in [6.45, 7) is 7.01. The molecule has 4 nitrogen and oxygen atoms in total. The van der Waals surface area contributed by atoms with Crippen LogP contribution in [0, 0.1) is 0 Å². The number of likely N-dealkylation sites (N-methyl/N-ethyl adjacent to an activating group) is 1. The second kappa shape index (κ2) is 6.44. The van der Waals surface area contributed by atoms with E-state index in [1.807, 2.05) is 13.2 Å². The minimum Gasteiger partial charge on any atom is -0.310 e. The maximum atomic E-state index is 4.53. The molecule has 1 aliphatic rings. The summed E-state index contributed by atoms with van der Waals surface area (Å²) < 4.78 is 0. The number of nitrogens with zero attached hydrogens (tertiary/aromatic N) is 3. The Balaban J connectivity index is 2.35. The molecular weight excluding hydrogens is 236 g/mol. The third kappa shape index (κ3) is 2.65. The summed E-state index contributed by atoms with van der Waals surface area (Å²) in [6.07, 6.45) is 10.3. The number of aromatic nitrogens is 2. The van der Waals surface area contributed by atoms with Crippen molar-refractivity contribution in [3.63, 3.8) is 0 Å². The zero-order valence-corrected chi connectivity index (χ0v) is 12.4. The van der Waals surface area contributed by atoms with Gasteiger partial charge in [0.2, 0.25) is 0 Å². The van der Waals surface area contributed by atoms with Gasteiger partial charge in [-0.25, -0.2) is 0 Å². The third-order valence-corrected chi connectivity index (χ3v) is 4.67. The summed E-state index contributed by atoms with van der Waals surface area (Å²) in [6, 6.07) is 0.245. The van der Waals surface area contributed by atoms with E-state index in [4.69, 9.17) is 0 Å². The lowest BCUT2D eigenvalue weighted by Gasteiger charge is -2.46. The quantitative estimate of drug-likeness (QED) is 0.854. The molecule has 0 aliphatic carbocycles. The molecule has 0 bridgehead atoms. The molecule has 1 aromatic rings. The van der Waals surface area contributed by atoms with Crippen molar-refractivity contribution >= 4 is 0 Å². The van der Waals surface area contributed by atoms with E-state index in [9.17, 15) is 0 Å². The zero-order chi connectivity index (χ0) is 13.7. The molecule has 1 aromatic heterocycles. The SMILES string of the molecule is CCC(CC)(C(NC)c1cnccn1)N1CCCC1. The Morgan fingerprint density at radius 1 is 1.26 bits per heavy atom. The van der Waals surface area contributed by atoms with Crippen LogP contribution in [0.15, 0.2) is 18.6 Å². The molecule has 1 fully saturated rings. The molecule has 1 unspecified atom stereocenters. The van der Waals surface area contributed by atoms with E-state index in [2.05, 4.69) is 34.0 Å². The monoisotopic (exact) mass is 262 g/mol. The van der Waals surface area contributed by atoms with Gasteiger partial charge in [-0.3, -0.25) is 14.9 Å². The van der Waals surface area contributed by atoms with Crippen LogP contribution in [0.5, 0.6) is 0 Å². The lowest BCUT2D eigenvalue weighted by molar-refractivity contribution is 0.0630. The maximum Gasteiger partial charge on any atom is 0.0774 e. The van der Waals surface area contributed by atoms with E-state index in [1.165, 1.54) is 25.9 Å². The van der Waals surface area contributed by atoms with Gasteiger partial charge < -0.3 is 5.32 Å². The van der Waals surface area contributed by atoms with Crippen LogP contribution in [0.2, 0.25) is 0 Å². The highest BCUT2D eigenvalue weighted by atomic mass is 15.2. The largest absolute Gasteiger partial charge is 0.310 e. The molecule has 0 spiro atoms. The van der Waals surface area contributed by atoms with Crippen molar-refractivity contribution in [1.82, 2.24) is 20.2 Å². The molecule has 2 heterocycles. The van der Waals surface area contributed by atoms with Gasteiger partial charge in [-0.15, -0.1) is 0 Å². The van der Waals surface area contributed by atoms with Crippen molar-refractivity contribution in [3.8, 4) is 0 Å². The number of rotatable bonds is 6. The first-order chi connectivity index (χ1) is 9.28. The van der Waals surface area contributed by atoms with Crippen LogP contribution in [0.25, 0.3) is 0 Å². The van der Waals surface area contributed by atoms with Gasteiger partial charge in [-0.05, 0) is 45.8 Å². The second-order valence-electron chi connectivity index (χ2n) is 5.36. The molecule has 1 aliphatic heterocycles. The van der Waals surface area contributed by atoms with Crippen LogP contribution < -0.4 is 5.32 Å². The molecule has 4 heteroatoms. The molecule has 19 heavy (non-hydrogen) atoms. The van der Waals surface area contributed by atoms with Gasteiger partial charge in [-0.2, -0.15) is 0 Å². The summed E-state index contributed by atoms with van der Waals surface area (Å²) in [5.74, 6) is 0. The van der Waals surface area contributed by atoms with E-state index >= 15 is 0 Å². The lowest BCUT2D eigenvalue weighted by Crippen LogP contribution is -2.54. The summed E-state index contributed by atoms with van der Waals surface area (Å²) in [5.41, 5.74) is 1.21. The minimum absolute atomic E-state index is 0.154. The highest BCUT2D eigenvalue weighted by Crippen LogP contribution is 2.38. The second-order valence-corrected chi connectivity index (χ2v) is 5.36. The average Bonchev–Trinajstić information content (AvgIpc) is 3.00. The fourth-order valence-electron chi connectivity index (χ4n) is 3.60. The van der Waals surface area contributed by atoms with Crippen LogP contribution in [-0.2, 0) is 0 Å². The van der Waals surface area contributed by atoms with Crippen LogP contribution in [0.1, 0.15) is 51.3 Å². The van der Waals surface area contributed by atoms with Crippen molar-refractivity contribution in [3.05, 3.63) is 24.3 Å². The molecule has 0 saturated carbocycles. The third-order valence-electron chi connectivity index (χ3n) is 4.67. The summed E-state index contributed by atoms with van der Waals surface area (Å²) in [5, 5.41) is 3.49. The summed E-state index contributed by atoms with van der Waals surface area (Å²) in [7, 11) is 2.04. The highest BCUT2D eigenvalue weighted by molar-refractivity contribution is 5.13. The van der Waals surface area contributed by atoms with E-state index in [0.29, 0.717) is 0 Å². The summed E-state index contributed by atoms with van der Waals surface area (Å²) >= 11 is 0. The first kappa shape index (κ1) is 14.4. The number of likely N-dealkylation sites (tertiary alicyclic amines) is 1. The zero-order valence-electron chi connectivity index (χ0n) is 12.4. The molecule has 1 saturated heterocycles. The molecule has 0 amide bonds. The fourth-order valence-corrected chi connectivity index (χ4v) is 3.60. The van der Waals surface area contributed by atoms with Crippen LogP contribution in [-0.4, -0.2) is 40.5 Å². The van der Waals surface area contributed by atoms with Gasteiger partial charge >= 0.3 is 0 Å². The number of hydrogen-bond donors (Lipinski definition) is 1. The number of hydrogen-bond acceptors (Lipinski definition) is 4. The van der Waals surface area contributed by atoms with Crippen LogP contribution in [0.4, 0.5) is 0 Å². The highest BCUT2D eigenvalue weighted by Gasteiger charge is 2.42. The van der Waals surface area contributed by atoms with E-state index in [-0.39, 0.29) is 11.6 Å². The molecule has 106 valence electrons. The maximum absolute atomic E-state index is 4.53. The van der Waals surface area contributed by atoms with E-state index in [1.54, 1.807) is 12.4 Å². The predicted octanol–water partition coefficient (Wildman–Crippen LogP) is 2.39. The Bertz CT molecular complexity index is 369. The van der Waals surface area contributed by atoms with Gasteiger partial charge in [-0.1, -0.05) is 13.8 Å². The van der Waals surface area contributed by atoms with Gasteiger partial charge in [0, 0.05) is 17.9 Å². The van der Waals surface area contributed by atoms with Gasteiger partial charge in [0.25, 0.3) is 0 Å². The van der Waals surface area contributed by atoms with Crippen LogP contribution >= 0.6 is 0 Å². The van der Waals surface area contributed by atoms with Crippen molar-refractivity contribution < 1.29 is 0 Å². The Kier molecular flexibility index (Phi) is 4.88. The standard InChI is InChI=1S/C15H26N4/c1-4-15(5-2,19-10-6-7-11-19)14(16-3)13-12-17-8-9-18-13/h8-9,12,14,16H,4-7,10-11H2,1-3H3. The minimum atomic E-state index is 0.154. The normalized spacial score (nSPS) is 18.7. The molecule has 0 radical (unpaired) electrons. The van der Waals surface area contributed by atoms with Gasteiger partial charge in [0.15, 0.2) is 0 Å². The Morgan fingerprint density at radius 3 is 2.42 bits per heavy atom. The molecule has 1 N–H and O–H groups in total. The first-order valence-electron chi connectivity index (χ1n) is 7.46. The average molecular weight is 262 g/mol. The lowest BCUT2D eigenvalue weighted by atomic mass is 9.81. The van der Waals surface area contributed by atoms with Gasteiger partial charge in [0.1, 0.15) is 0 Å². The van der Waals surface area contributed by atoms with Gasteiger partial charge in [0.05, 0.1) is 17.9 Å². The fraction of sp³-hybridized carbons (Fsp3) is 0.733. The molecule has 0 aromatic carbocycles. The van der Waals surface area contributed by atoms with Crippen LogP contribution in [0.3, 0.4) is 0 Å². The van der Waals surface area contributed by atoms with E-state index in [0.717, 1.165) is 18.5 Å². The Labute approximate surface area is 116 Å². The Hall–Kier alpha value is -1.00. The van der Waals surface area contributed by atoms with Crippen molar-refractivity contribution in [2.24, 2.45) is 0 Å². The summed E-state index contributed by atoms with van der Waals surface area (Å²) in [4.78, 5) is 11.4. The predicted molar refractivity (Wildman–Crippen MR) is 78.0 cm³/mol. The topological polar surface area (TPSA) is 41.1 Å². The van der Waals surface area contributed by atoms with Crippen molar-refractivity contribution in [2.45, 2.75) is 51.1 Å². The molecule has 1 atom stereocenters. The van der Waals surface area contributed by atoms with Crippen molar-refractivity contribution in [1.29, 1.82) is 0 Å². The molecular formula is C15H26N4. The molecule has 2 rings (SSSR count).